The Morgan fingerprint density at radius 1 is 1.59 bits per heavy atom. The Labute approximate surface area is 98.2 Å². The molecule has 17 heavy (non-hydrogen) atoms. The number of amides is 1. The van der Waals surface area contributed by atoms with Gasteiger partial charge in [-0.25, -0.2) is 4.57 Å². The van der Waals surface area contributed by atoms with Crippen molar-refractivity contribution in [2.75, 3.05) is 6.54 Å². The molecule has 0 aliphatic carbocycles. The SMILES string of the molecule is Cn1c(C(=O)NCC(C)(C)O)ccc1[N+](=O)[O-]. The highest BCUT2D eigenvalue weighted by Gasteiger charge is 2.22. The van der Waals surface area contributed by atoms with Gasteiger partial charge >= 0.3 is 5.82 Å². The highest BCUT2D eigenvalue weighted by Crippen LogP contribution is 2.14. The lowest BCUT2D eigenvalue weighted by Gasteiger charge is -2.17. The monoisotopic (exact) mass is 241 g/mol. The number of nitrogens with one attached hydrogen (secondary N) is 1. The zero-order valence-corrected chi connectivity index (χ0v) is 9.93. The fraction of sp³-hybridized carbons (Fsp3) is 0.500. The molecule has 0 aliphatic rings. The molecule has 0 spiro atoms. The second kappa shape index (κ2) is 4.54. The van der Waals surface area contributed by atoms with E-state index < -0.39 is 16.4 Å². The van der Waals surface area contributed by atoms with Crippen molar-refractivity contribution in [3.05, 3.63) is 27.9 Å². The predicted octanol–water partition coefficient (Wildman–Crippen LogP) is 0.434. The maximum Gasteiger partial charge on any atom is 0.323 e. The van der Waals surface area contributed by atoms with E-state index in [-0.39, 0.29) is 18.1 Å². The van der Waals surface area contributed by atoms with Gasteiger partial charge in [-0.3, -0.25) is 4.79 Å². The van der Waals surface area contributed by atoms with E-state index in [1.54, 1.807) is 13.8 Å². The van der Waals surface area contributed by atoms with Gasteiger partial charge in [-0.15, -0.1) is 0 Å². The molecular weight excluding hydrogens is 226 g/mol. The Kier molecular flexibility index (Phi) is 3.52. The van der Waals surface area contributed by atoms with Crippen LogP contribution in [0.1, 0.15) is 24.3 Å². The molecule has 0 saturated heterocycles. The number of rotatable bonds is 4. The number of nitro groups is 1. The van der Waals surface area contributed by atoms with Crippen LogP contribution in [0.4, 0.5) is 5.82 Å². The zero-order valence-electron chi connectivity index (χ0n) is 9.93. The van der Waals surface area contributed by atoms with E-state index in [9.17, 15) is 20.0 Å². The predicted molar refractivity (Wildman–Crippen MR) is 60.7 cm³/mol. The maximum absolute atomic E-state index is 11.7. The van der Waals surface area contributed by atoms with Crippen LogP contribution < -0.4 is 5.32 Å². The van der Waals surface area contributed by atoms with Gasteiger partial charge in [0.25, 0.3) is 5.91 Å². The summed E-state index contributed by atoms with van der Waals surface area (Å²) in [7, 11) is 1.44. The molecule has 0 fully saturated rings. The second-order valence-electron chi connectivity index (χ2n) is 4.39. The molecule has 1 aromatic heterocycles. The first kappa shape index (κ1) is 13.2. The number of aliphatic hydroxyl groups is 1. The van der Waals surface area contributed by atoms with E-state index in [1.165, 1.54) is 23.7 Å². The molecule has 2 N–H and O–H groups in total. The van der Waals surface area contributed by atoms with Crippen molar-refractivity contribution in [2.24, 2.45) is 7.05 Å². The Morgan fingerprint density at radius 3 is 2.59 bits per heavy atom. The van der Waals surface area contributed by atoms with Crippen LogP contribution in [0.3, 0.4) is 0 Å². The number of carbonyl (C=O) groups is 1. The lowest BCUT2D eigenvalue weighted by Crippen LogP contribution is -2.38. The minimum atomic E-state index is -1.02. The number of hydrogen-bond acceptors (Lipinski definition) is 4. The molecular formula is C10H15N3O4. The van der Waals surface area contributed by atoms with E-state index >= 15 is 0 Å². The van der Waals surface area contributed by atoms with Gasteiger partial charge in [0.05, 0.1) is 12.6 Å². The number of carbonyl (C=O) groups excluding carboxylic acids is 1. The van der Waals surface area contributed by atoms with Crippen LogP contribution in [0, 0.1) is 10.1 Å². The summed E-state index contributed by atoms with van der Waals surface area (Å²) >= 11 is 0. The summed E-state index contributed by atoms with van der Waals surface area (Å²) in [6, 6.07) is 2.64. The van der Waals surface area contributed by atoms with Crippen LogP contribution in [0.5, 0.6) is 0 Å². The molecule has 1 rings (SSSR count). The topological polar surface area (TPSA) is 97.4 Å². The van der Waals surface area contributed by atoms with Crippen molar-refractivity contribution in [1.29, 1.82) is 0 Å². The lowest BCUT2D eigenvalue weighted by atomic mass is 10.1. The van der Waals surface area contributed by atoms with Gasteiger partial charge in [0, 0.05) is 12.6 Å². The van der Waals surface area contributed by atoms with Crippen LogP contribution >= 0.6 is 0 Å². The van der Waals surface area contributed by atoms with Crippen molar-refractivity contribution in [1.82, 2.24) is 9.88 Å². The summed E-state index contributed by atoms with van der Waals surface area (Å²) in [6.07, 6.45) is 0. The average Bonchev–Trinajstić information content (AvgIpc) is 2.55. The Hall–Kier alpha value is -1.89. The summed E-state index contributed by atoms with van der Waals surface area (Å²) in [6.45, 7) is 3.19. The summed E-state index contributed by atoms with van der Waals surface area (Å²) in [5.41, 5.74) is -0.840. The Morgan fingerprint density at radius 2 is 2.18 bits per heavy atom. The molecule has 0 saturated carbocycles. The summed E-state index contributed by atoms with van der Waals surface area (Å²) < 4.78 is 1.19. The zero-order chi connectivity index (χ0) is 13.2. The van der Waals surface area contributed by atoms with Gasteiger partial charge in [-0.1, -0.05) is 0 Å². The van der Waals surface area contributed by atoms with Gasteiger partial charge in [0.2, 0.25) is 0 Å². The van der Waals surface area contributed by atoms with E-state index in [0.717, 1.165) is 0 Å². The molecule has 1 aromatic rings. The molecule has 0 atom stereocenters. The summed E-state index contributed by atoms with van der Waals surface area (Å²) in [5.74, 6) is -0.610. The smallest absolute Gasteiger partial charge is 0.323 e. The van der Waals surface area contributed by atoms with Crippen molar-refractivity contribution in [3.8, 4) is 0 Å². The fourth-order valence-corrected chi connectivity index (χ4v) is 1.30. The molecule has 0 unspecified atom stereocenters. The molecule has 0 radical (unpaired) electrons. The maximum atomic E-state index is 11.7. The normalized spacial score (nSPS) is 11.3. The molecule has 0 bridgehead atoms. The molecule has 7 heteroatoms. The van der Waals surface area contributed by atoms with Gasteiger partial charge < -0.3 is 20.5 Å². The highest BCUT2D eigenvalue weighted by molar-refractivity contribution is 5.93. The van der Waals surface area contributed by atoms with Gasteiger partial charge in [0.15, 0.2) is 5.69 Å². The average molecular weight is 241 g/mol. The van der Waals surface area contributed by atoms with Crippen LogP contribution in [-0.4, -0.2) is 32.6 Å². The van der Waals surface area contributed by atoms with Gasteiger partial charge in [0.1, 0.15) is 0 Å². The van der Waals surface area contributed by atoms with Crippen molar-refractivity contribution >= 4 is 11.7 Å². The van der Waals surface area contributed by atoms with Crippen LogP contribution in [-0.2, 0) is 7.05 Å². The molecule has 1 amide bonds. The lowest BCUT2D eigenvalue weighted by molar-refractivity contribution is -0.391. The molecule has 94 valence electrons. The highest BCUT2D eigenvalue weighted by atomic mass is 16.6. The van der Waals surface area contributed by atoms with E-state index in [1.807, 2.05) is 0 Å². The first-order valence-electron chi connectivity index (χ1n) is 5.03. The molecule has 7 nitrogen and oxygen atoms in total. The van der Waals surface area contributed by atoms with Crippen molar-refractivity contribution in [3.63, 3.8) is 0 Å². The summed E-state index contributed by atoms with van der Waals surface area (Å²) in [4.78, 5) is 21.7. The number of aromatic nitrogens is 1. The van der Waals surface area contributed by atoms with Crippen LogP contribution in [0.2, 0.25) is 0 Å². The third kappa shape index (κ3) is 3.28. The minimum absolute atomic E-state index is 0.0742. The quantitative estimate of drug-likeness (QED) is 0.590. The third-order valence-corrected chi connectivity index (χ3v) is 2.20. The van der Waals surface area contributed by atoms with Crippen molar-refractivity contribution in [2.45, 2.75) is 19.4 Å². The fourth-order valence-electron chi connectivity index (χ4n) is 1.30. The number of hydrogen-bond donors (Lipinski definition) is 2. The molecule has 0 aromatic carbocycles. The van der Waals surface area contributed by atoms with E-state index in [2.05, 4.69) is 5.32 Å². The second-order valence-corrected chi connectivity index (χ2v) is 4.39. The first-order chi connectivity index (χ1) is 7.72. The first-order valence-corrected chi connectivity index (χ1v) is 5.03. The Balaban J connectivity index is 2.80. The Bertz CT molecular complexity index is 445. The van der Waals surface area contributed by atoms with Gasteiger partial charge in [-0.2, -0.15) is 0 Å². The largest absolute Gasteiger partial charge is 0.389 e. The summed E-state index contributed by atoms with van der Waals surface area (Å²) in [5, 5.41) is 22.5. The standard InChI is InChI=1S/C10H15N3O4/c1-10(2,15)6-11-9(14)7-4-5-8(12(7)3)13(16)17/h4-5,15H,6H2,1-3H3,(H,11,14). The van der Waals surface area contributed by atoms with E-state index in [0.29, 0.717) is 0 Å². The van der Waals surface area contributed by atoms with Crippen LogP contribution in [0.25, 0.3) is 0 Å². The van der Waals surface area contributed by atoms with E-state index in [4.69, 9.17) is 0 Å². The van der Waals surface area contributed by atoms with Gasteiger partial charge in [-0.05, 0) is 24.8 Å². The molecule has 1 heterocycles. The molecule has 0 aliphatic heterocycles. The minimum Gasteiger partial charge on any atom is -0.389 e. The van der Waals surface area contributed by atoms with Crippen LogP contribution in [0.15, 0.2) is 12.1 Å². The third-order valence-electron chi connectivity index (χ3n) is 2.20. The number of nitrogens with zero attached hydrogens (tertiary/aromatic N) is 2. The van der Waals surface area contributed by atoms with Crippen molar-refractivity contribution < 1.29 is 14.8 Å².